The molecule has 3 heteroatoms. The van der Waals surface area contributed by atoms with Crippen LogP contribution >= 0.6 is 15.9 Å². The predicted molar refractivity (Wildman–Crippen MR) is 83.0 cm³/mol. The lowest BCUT2D eigenvalue weighted by Gasteiger charge is -2.40. The Labute approximate surface area is 124 Å². The Hall–Kier alpha value is -0.380. The smallest absolute Gasteiger partial charge is 0.0772 e. The topological polar surface area (TPSA) is 32.3 Å². The van der Waals surface area contributed by atoms with Gasteiger partial charge in [0, 0.05) is 17.6 Å². The van der Waals surface area contributed by atoms with Gasteiger partial charge in [-0.15, -0.1) is 0 Å². The molecule has 0 spiro atoms. The van der Waals surface area contributed by atoms with Crippen molar-refractivity contribution in [1.29, 1.82) is 0 Å². The molecule has 2 rings (SSSR count). The molecule has 1 saturated carbocycles. The Kier molecular flexibility index (Phi) is 4.70. The third-order valence-corrected chi connectivity index (χ3v) is 5.04. The first-order chi connectivity index (χ1) is 8.90. The van der Waals surface area contributed by atoms with E-state index in [0.29, 0.717) is 12.0 Å². The normalized spacial score (nSPS) is 21.3. The van der Waals surface area contributed by atoms with E-state index in [9.17, 15) is 5.11 Å². The Bertz CT molecular complexity index is 421. The zero-order valence-corrected chi connectivity index (χ0v) is 13.5. The summed E-state index contributed by atoms with van der Waals surface area (Å²) in [5, 5.41) is 14.0. The fourth-order valence-electron chi connectivity index (χ4n) is 2.64. The van der Waals surface area contributed by atoms with Gasteiger partial charge in [-0.2, -0.15) is 0 Å². The third-order valence-electron chi connectivity index (χ3n) is 4.26. The number of halogens is 1. The first kappa shape index (κ1) is 15.0. The molecule has 0 radical (unpaired) electrons. The van der Waals surface area contributed by atoms with Crippen LogP contribution in [-0.2, 0) is 6.54 Å². The minimum Gasteiger partial charge on any atom is -0.389 e. The molecule has 1 aromatic rings. The van der Waals surface area contributed by atoms with Crippen molar-refractivity contribution in [2.24, 2.45) is 5.41 Å². The highest BCUT2D eigenvalue weighted by molar-refractivity contribution is 9.10. The molecule has 19 heavy (non-hydrogen) atoms. The highest BCUT2D eigenvalue weighted by Crippen LogP contribution is 2.39. The largest absolute Gasteiger partial charge is 0.389 e. The van der Waals surface area contributed by atoms with Crippen molar-refractivity contribution >= 4 is 15.9 Å². The fraction of sp³-hybridized carbons (Fsp3) is 0.625. The van der Waals surface area contributed by atoms with Gasteiger partial charge in [-0.05, 0) is 42.7 Å². The van der Waals surface area contributed by atoms with E-state index in [-0.39, 0.29) is 0 Å². The Morgan fingerprint density at radius 1 is 1.16 bits per heavy atom. The summed E-state index contributed by atoms with van der Waals surface area (Å²) in [5.41, 5.74) is 1.12. The summed E-state index contributed by atoms with van der Waals surface area (Å²) >= 11 is 3.55. The number of rotatable bonds is 4. The second kappa shape index (κ2) is 5.94. The monoisotopic (exact) mass is 325 g/mol. The van der Waals surface area contributed by atoms with Crippen LogP contribution in [0.1, 0.15) is 45.1 Å². The summed E-state index contributed by atoms with van der Waals surface area (Å²) in [6, 6.07) is 8.21. The molecule has 1 aliphatic rings. The van der Waals surface area contributed by atoms with E-state index in [2.05, 4.69) is 47.2 Å². The van der Waals surface area contributed by atoms with Gasteiger partial charge in [0.1, 0.15) is 0 Å². The quantitative estimate of drug-likeness (QED) is 0.880. The molecule has 0 aliphatic heterocycles. The summed E-state index contributed by atoms with van der Waals surface area (Å²) in [6.07, 6.45) is 4.03. The molecule has 0 unspecified atom stereocenters. The van der Waals surface area contributed by atoms with Crippen LogP contribution in [0.5, 0.6) is 0 Å². The highest BCUT2D eigenvalue weighted by atomic mass is 79.9. The van der Waals surface area contributed by atoms with Crippen molar-refractivity contribution in [3.05, 3.63) is 34.3 Å². The molecule has 0 saturated heterocycles. The molecule has 106 valence electrons. The van der Waals surface area contributed by atoms with E-state index < -0.39 is 5.60 Å². The van der Waals surface area contributed by atoms with Crippen LogP contribution in [0.15, 0.2) is 28.7 Å². The Balaban J connectivity index is 1.81. The highest BCUT2D eigenvalue weighted by Gasteiger charge is 2.36. The molecule has 0 atom stereocenters. The minimum absolute atomic E-state index is 0.398. The van der Waals surface area contributed by atoms with E-state index in [1.54, 1.807) is 0 Å². The molecule has 1 fully saturated rings. The van der Waals surface area contributed by atoms with Gasteiger partial charge >= 0.3 is 0 Å². The lowest BCUT2D eigenvalue weighted by Crippen LogP contribution is -2.44. The molecule has 1 aliphatic carbocycles. The van der Waals surface area contributed by atoms with Crippen LogP contribution in [0.25, 0.3) is 0 Å². The molecular formula is C16H24BrNO. The third kappa shape index (κ3) is 4.30. The number of hydrogen-bond acceptors (Lipinski definition) is 2. The first-order valence-electron chi connectivity index (χ1n) is 7.07. The Morgan fingerprint density at radius 2 is 1.79 bits per heavy atom. The van der Waals surface area contributed by atoms with Gasteiger partial charge in [-0.1, -0.05) is 48.0 Å². The standard InChI is InChI=1S/C16H24BrNO/c1-15(2)7-9-16(19,10-8-15)12-18-11-13-5-3-4-6-14(13)17/h3-6,18-19H,7-12H2,1-2H3. The zero-order chi connectivity index (χ0) is 13.9. The van der Waals surface area contributed by atoms with E-state index in [1.165, 1.54) is 5.56 Å². The van der Waals surface area contributed by atoms with Crippen molar-refractivity contribution in [1.82, 2.24) is 5.32 Å². The van der Waals surface area contributed by atoms with Gasteiger partial charge in [-0.3, -0.25) is 0 Å². The van der Waals surface area contributed by atoms with Crippen molar-refractivity contribution in [3.63, 3.8) is 0 Å². The van der Waals surface area contributed by atoms with Crippen molar-refractivity contribution in [2.45, 2.75) is 51.7 Å². The summed E-state index contributed by atoms with van der Waals surface area (Å²) in [5.74, 6) is 0. The molecular weight excluding hydrogens is 302 g/mol. The van der Waals surface area contributed by atoms with Gasteiger partial charge < -0.3 is 10.4 Å². The zero-order valence-electron chi connectivity index (χ0n) is 11.9. The van der Waals surface area contributed by atoms with Gasteiger partial charge in [0.25, 0.3) is 0 Å². The molecule has 0 amide bonds. The maximum Gasteiger partial charge on any atom is 0.0772 e. The summed E-state index contributed by atoms with van der Waals surface area (Å²) in [7, 11) is 0. The number of hydrogen-bond donors (Lipinski definition) is 2. The predicted octanol–water partition coefficient (Wildman–Crippen LogP) is 3.87. The van der Waals surface area contributed by atoms with Crippen molar-refractivity contribution < 1.29 is 5.11 Å². The van der Waals surface area contributed by atoms with Crippen LogP contribution in [0.4, 0.5) is 0 Å². The lowest BCUT2D eigenvalue weighted by molar-refractivity contribution is -0.0245. The van der Waals surface area contributed by atoms with E-state index in [4.69, 9.17) is 0 Å². The lowest BCUT2D eigenvalue weighted by atomic mass is 9.71. The SMILES string of the molecule is CC1(C)CCC(O)(CNCc2ccccc2Br)CC1. The van der Waals surface area contributed by atoms with Crippen molar-refractivity contribution in [2.75, 3.05) is 6.54 Å². The molecule has 2 nitrogen and oxygen atoms in total. The maximum atomic E-state index is 10.6. The Morgan fingerprint density at radius 3 is 2.42 bits per heavy atom. The van der Waals surface area contributed by atoms with Gasteiger partial charge in [0.2, 0.25) is 0 Å². The van der Waals surface area contributed by atoms with Crippen LogP contribution in [0, 0.1) is 5.41 Å². The second-order valence-electron chi connectivity index (χ2n) is 6.58. The summed E-state index contributed by atoms with van der Waals surface area (Å²) in [4.78, 5) is 0. The van der Waals surface area contributed by atoms with Gasteiger partial charge in [0.05, 0.1) is 5.60 Å². The van der Waals surface area contributed by atoms with E-state index in [0.717, 1.165) is 36.7 Å². The average molecular weight is 326 g/mol. The fourth-order valence-corrected chi connectivity index (χ4v) is 3.07. The molecule has 0 aromatic heterocycles. The summed E-state index contributed by atoms with van der Waals surface area (Å²) < 4.78 is 1.12. The number of nitrogens with one attached hydrogen (secondary N) is 1. The van der Waals surface area contributed by atoms with E-state index in [1.807, 2.05) is 12.1 Å². The van der Waals surface area contributed by atoms with Crippen LogP contribution < -0.4 is 5.32 Å². The molecule has 2 N–H and O–H groups in total. The molecule has 0 bridgehead atoms. The minimum atomic E-state index is -0.517. The van der Waals surface area contributed by atoms with Gasteiger partial charge in [0.15, 0.2) is 0 Å². The van der Waals surface area contributed by atoms with Gasteiger partial charge in [-0.25, -0.2) is 0 Å². The number of aliphatic hydroxyl groups is 1. The molecule has 1 aromatic carbocycles. The van der Waals surface area contributed by atoms with Crippen molar-refractivity contribution in [3.8, 4) is 0 Å². The summed E-state index contributed by atoms with van der Waals surface area (Å²) in [6.45, 7) is 6.07. The van der Waals surface area contributed by atoms with Crippen LogP contribution in [-0.4, -0.2) is 17.3 Å². The second-order valence-corrected chi connectivity index (χ2v) is 7.44. The van der Waals surface area contributed by atoms with Crippen LogP contribution in [0.2, 0.25) is 0 Å². The van der Waals surface area contributed by atoms with E-state index >= 15 is 0 Å². The average Bonchev–Trinajstić information content (AvgIpc) is 2.36. The first-order valence-corrected chi connectivity index (χ1v) is 7.86. The molecule has 0 heterocycles. The number of benzene rings is 1. The van der Waals surface area contributed by atoms with Crippen LogP contribution in [0.3, 0.4) is 0 Å². The maximum absolute atomic E-state index is 10.6.